The molecule has 2 aromatic carbocycles. The summed E-state index contributed by atoms with van der Waals surface area (Å²) < 4.78 is 28.9. The van der Waals surface area contributed by atoms with E-state index in [2.05, 4.69) is 5.32 Å². The van der Waals surface area contributed by atoms with Crippen LogP contribution in [0.2, 0.25) is 0 Å². The maximum Gasteiger partial charge on any atom is 0.339 e. The van der Waals surface area contributed by atoms with Gasteiger partial charge in [0, 0.05) is 16.8 Å². The zero-order chi connectivity index (χ0) is 24.5. The van der Waals surface area contributed by atoms with Crippen molar-refractivity contribution < 1.29 is 22.7 Å². The van der Waals surface area contributed by atoms with E-state index >= 15 is 0 Å². The summed E-state index contributed by atoms with van der Waals surface area (Å²) in [7, 11) is -3.94. The molecule has 178 valence electrons. The lowest BCUT2D eigenvalue weighted by Gasteiger charge is -2.15. The molecule has 0 bridgehead atoms. The molecule has 9 heteroatoms. The summed E-state index contributed by atoms with van der Waals surface area (Å²) in [6.07, 6.45) is 4.60. The first-order chi connectivity index (χ1) is 16.1. The minimum absolute atomic E-state index is 0.103. The van der Waals surface area contributed by atoms with Crippen molar-refractivity contribution in [2.75, 3.05) is 11.9 Å². The fourth-order valence-electron chi connectivity index (χ4n) is 4.29. The van der Waals surface area contributed by atoms with Crippen molar-refractivity contribution in [3.05, 3.63) is 64.3 Å². The van der Waals surface area contributed by atoms with Gasteiger partial charge in [-0.1, -0.05) is 24.6 Å². The first kappa shape index (κ1) is 23.8. The van der Waals surface area contributed by atoms with Gasteiger partial charge in [-0.25, -0.2) is 18.4 Å². The Morgan fingerprint density at radius 2 is 1.82 bits per heavy atom. The van der Waals surface area contributed by atoms with Crippen molar-refractivity contribution >= 4 is 38.5 Å². The number of carbonyl (C=O) groups is 2. The van der Waals surface area contributed by atoms with Crippen LogP contribution in [0.25, 0.3) is 10.9 Å². The van der Waals surface area contributed by atoms with E-state index in [1.54, 1.807) is 13.8 Å². The van der Waals surface area contributed by atoms with Gasteiger partial charge in [-0.2, -0.15) is 0 Å². The number of aryl methyl sites for hydroxylation is 2. The van der Waals surface area contributed by atoms with E-state index in [9.17, 15) is 18.0 Å². The molecule has 34 heavy (non-hydrogen) atoms. The Morgan fingerprint density at radius 3 is 2.59 bits per heavy atom. The van der Waals surface area contributed by atoms with Gasteiger partial charge < -0.3 is 10.1 Å². The van der Waals surface area contributed by atoms with Crippen LogP contribution in [0.4, 0.5) is 5.69 Å². The topological polar surface area (TPSA) is 128 Å². The van der Waals surface area contributed by atoms with Crippen LogP contribution in [-0.2, 0) is 32.4 Å². The number of hydrogen-bond donors (Lipinski definition) is 2. The number of carbonyl (C=O) groups excluding carboxylic acids is 2. The molecular weight excluding hydrogens is 454 g/mol. The highest BCUT2D eigenvalue weighted by atomic mass is 32.2. The quantitative estimate of drug-likeness (QED) is 0.423. The predicted molar refractivity (Wildman–Crippen MR) is 129 cm³/mol. The third kappa shape index (κ3) is 4.95. The average Bonchev–Trinajstić information content (AvgIpc) is 3.03. The molecule has 0 aliphatic heterocycles. The van der Waals surface area contributed by atoms with E-state index in [4.69, 9.17) is 14.9 Å². The first-order valence-corrected chi connectivity index (χ1v) is 12.7. The molecule has 4 rings (SSSR count). The highest BCUT2D eigenvalue weighted by Gasteiger charge is 2.23. The molecule has 0 fully saturated rings. The van der Waals surface area contributed by atoms with Gasteiger partial charge in [0.2, 0.25) is 10.0 Å². The van der Waals surface area contributed by atoms with E-state index < -0.39 is 28.5 Å². The van der Waals surface area contributed by atoms with Gasteiger partial charge in [-0.15, -0.1) is 0 Å². The van der Waals surface area contributed by atoms with Crippen LogP contribution in [-0.4, -0.2) is 31.9 Å². The maximum absolute atomic E-state index is 13.2. The summed E-state index contributed by atoms with van der Waals surface area (Å²) in [6, 6.07) is 10.2. The van der Waals surface area contributed by atoms with Crippen molar-refractivity contribution in [1.82, 2.24) is 4.98 Å². The lowest BCUT2D eigenvalue weighted by atomic mass is 9.97. The summed E-state index contributed by atoms with van der Waals surface area (Å²) in [4.78, 5) is 30.4. The van der Waals surface area contributed by atoms with Gasteiger partial charge >= 0.3 is 5.97 Å². The van der Waals surface area contributed by atoms with Crippen LogP contribution in [0.3, 0.4) is 0 Å². The van der Waals surface area contributed by atoms with Gasteiger partial charge in [-0.3, -0.25) is 9.78 Å². The average molecular weight is 482 g/mol. The molecule has 3 N–H and O–H groups in total. The second-order valence-electron chi connectivity index (χ2n) is 8.57. The minimum atomic E-state index is -3.94. The number of para-hydroxylation sites is 1. The molecule has 0 unspecified atom stereocenters. The molecule has 1 heterocycles. The van der Waals surface area contributed by atoms with Crippen LogP contribution < -0.4 is 10.5 Å². The number of hydrogen-bond acceptors (Lipinski definition) is 6. The molecule has 0 atom stereocenters. The fourth-order valence-corrected chi connectivity index (χ4v) is 4.92. The summed E-state index contributed by atoms with van der Waals surface area (Å²) in [5.74, 6) is -1.15. The monoisotopic (exact) mass is 481 g/mol. The predicted octanol–water partition coefficient (Wildman–Crippen LogP) is 3.56. The van der Waals surface area contributed by atoms with Crippen LogP contribution >= 0.6 is 0 Å². The number of nitrogens with one attached hydrogen (secondary N) is 1. The normalized spacial score (nSPS) is 13.7. The van der Waals surface area contributed by atoms with E-state index in [1.807, 2.05) is 24.3 Å². The summed E-state index contributed by atoms with van der Waals surface area (Å²) >= 11 is 0. The van der Waals surface area contributed by atoms with Crippen LogP contribution in [0, 0.1) is 13.8 Å². The molecule has 8 nitrogen and oxygen atoms in total. The first-order valence-electron chi connectivity index (χ1n) is 11.2. The summed E-state index contributed by atoms with van der Waals surface area (Å²) in [5, 5.41) is 8.58. The molecule has 1 aliphatic rings. The number of nitrogens with zero attached hydrogens (tertiary/aromatic N) is 1. The Bertz CT molecular complexity index is 1400. The number of aromatic nitrogens is 1. The van der Waals surface area contributed by atoms with E-state index in [1.165, 1.54) is 12.1 Å². The third-order valence-electron chi connectivity index (χ3n) is 6.20. The molecule has 0 spiro atoms. The maximum atomic E-state index is 13.2. The zero-order valence-electron chi connectivity index (χ0n) is 19.2. The molecule has 1 aromatic heterocycles. The number of rotatable bonds is 5. The smallest absolute Gasteiger partial charge is 0.339 e. The van der Waals surface area contributed by atoms with Gasteiger partial charge in [0.1, 0.15) is 0 Å². The Labute approximate surface area is 198 Å². The summed E-state index contributed by atoms with van der Waals surface area (Å²) in [5.41, 5.74) is 4.66. The SMILES string of the molecule is Cc1cc(S(N)(=O)=O)cc(NC(=O)COC(=O)c2c3c(nc4ccccc24)CCCCC3)c1C. The van der Waals surface area contributed by atoms with E-state index in [-0.39, 0.29) is 4.90 Å². The summed E-state index contributed by atoms with van der Waals surface area (Å²) in [6.45, 7) is 2.96. The second-order valence-corrected chi connectivity index (χ2v) is 10.1. The van der Waals surface area contributed by atoms with E-state index in [0.29, 0.717) is 27.8 Å². The van der Waals surface area contributed by atoms with Gasteiger partial charge in [0.25, 0.3) is 5.91 Å². The van der Waals surface area contributed by atoms with Crippen molar-refractivity contribution in [3.8, 4) is 0 Å². The van der Waals surface area contributed by atoms with Crippen molar-refractivity contribution in [3.63, 3.8) is 0 Å². The third-order valence-corrected chi connectivity index (χ3v) is 7.09. The Balaban J connectivity index is 1.57. The standard InChI is InChI=1S/C25H27N3O5S/c1-15-12-17(34(26,31)32)13-22(16(15)2)28-23(29)14-33-25(30)24-18-8-4-3-5-10-20(18)27-21-11-7-6-9-19(21)24/h6-7,9,11-13H,3-5,8,10,14H2,1-2H3,(H,28,29)(H2,26,31,32). The Kier molecular flexibility index (Phi) is 6.67. The number of ether oxygens (including phenoxy) is 1. The number of anilines is 1. The number of esters is 1. The molecule has 0 radical (unpaired) electrons. The number of sulfonamides is 1. The zero-order valence-corrected chi connectivity index (χ0v) is 20.0. The molecule has 1 amide bonds. The highest BCUT2D eigenvalue weighted by molar-refractivity contribution is 7.89. The number of amides is 1. The molecule has 3 aromatic rings. The number of benzene rings is 2. The second kappa shape index (κ2) is 9.52. The van der Waals surface area contributed by atoms with Crippen LogP contribution in [0.1, 0.15) is 52.0 Å². The lowest BCUT2D eigenvalue weighted by molar-refractivity contribution is -0.119. The number of fused-ring (bicyclic) bond motifs is 2. The van der Waals surface area contributed by atoms with Crippen molar-refractivity contribution in [2.45, 2.75) is 50.8 Å². The minimum Gasteiger partial charge on any atom is -0.452 e. The Hall–Kier alpha value is -3.30. The lowest BCUT2D eigenvalue weighted by Crippen LogP contribution is -2.23. The number of pyridine rings is 1. The van der Waals surface area contributed by atoms with Gasteiger partial charge in [0.05, 0.1) is 16.0 Å². The van der Waals surface area contributed by atoms with Gasteiger partial charge in [0.15, 0.2) is 6.61 Å². The van der Waals surface area contributed by atoms with Crippen LogP contribution in [0.15, 0.2) is 41.3 Å². The highest BCUT2D eigenvalue weighted by Crippen LogP contribution is 2.29. The fraction of sp³-hybridized carbons (Fsp3) is 0.320. The molecule has 0 saturated carbocycles. The van der Waals surface area contributed by atoms with Crippen LogP contribution in [0.5, 0.6) is 0 Å². The molecule has 0 saturated heterocycles. The largest absolute Gasteiger partial charge is 0.452 e. The molecular formula is C25H27N3O5S. The van der Waals surface area contributed by atoms with E-state index in [0.717, 1.165) is 48.9 Å². The van der Waals surface area contributed by atoms with Gasteiger partial charge in [-0.05, 0) is 74.4 Å². The Morgan fingerprint density at radius 1 is 1.09 bits per heavy atom. The van der Waals surface area contributed by atoms with Crippen molar-refractivity contribution in [1.29, 1.82) is 0 Å². The number of primary sulfonamides is 1. The van der Waals surface area contributed by atoms with Crippen molar-refractivity contribution in [2.24, 2.45) is 5.14 Å². The molecule has 1 aliphatic carbocycles. The number of nitrogens with two attached hydrogens (primary N) is 1.